The van der Waals surface area contributed by atoms with E-state index in [9.17, 15) is 26.3 Å². The van der Waals surface area contributed by atoms with E-state index in [1.54, 1.807) is 0 Å². The first kappa shape index (κ1) is 52.8. The van der Waals surface area contributed by atoms with Crippen molar-refractivity contribution in [3.05, 3.63) is 88.3 Å². The largest absolute Gasteiger partial charge is 0.864 e. The molecule has 0 saturated carbocycles. The molecule has 0 N–H and O–H groups in total. The van der Waals surface area contributed by atoms with Crippen molar-refractivity contribution < 1.29 is 58.0 Å². The third-order valence-corrected chi connectivity index (χ3v) is 11.7. The van der Waals surface area contributed by atoms with E-state index in [1.807, 2.05) is 6.92 Å². The molecule has 3 aromatic rings. The fourth-order valence-corrected chi connectivity index (χ4v) is 8.30. The molecule has 0 saturated heterocycles. The zero-order valence-electron chi connectivity index (χ0n) is 37.3. The van der Waals surface area contributed by atoms with Crippen molar-refractivity contribution in [1.82, 2.24) is 0 Å². The van der Waals surface area contributed by atoms with Crippen LogP contribution in [0.5, 0.6) is 17.2 Å². The number of unbranched alkanes of at least 4 members (excludes halogenated alkanes) is 17. The fraction of sp³-hybridized carbons (Fsp3) is 0.625. The molecule has 0 bridgehead atoms. The van der Waals surface area contributed by atoms with E-state index in [-0.39, 0.29) is 5.56 Å². The van der Waals surface area contributed by atoms with Crippen molar-refractivity contribution in [3.8, 4) is 17.2 Å². The monoisotopic (exact) mass is 889 g/mol. The van der Waals surface area contributed by atoms with Gasteiger partial charge < -0.3 is 18.4 Å². The maximum atomic E-state index is 16.9. The highest BCUT2D eigenvalue weighted by Gasteiger charge is 2.43. The van der Waals surface area contributed by atoms with Crippen LogP contribution in [0.2, 0.25) is 0 Å². The molecule has 4 nitrogen and oxygen atoms in total. The number of nitrogens with zero attached hydrogens (tertiary/aromatic N) is 1. The summed E-state index contributed by atoms with van der Waals surface area (Å²) in [7, 11) is -2.33. The van der Waals surface area contributed by atoms with Crippen molar-refractivity contribution >= 4 is 7.32 Å². The molecule has 0 spiro atoms. The van der Waals surface area contributed by atoms with Crippen LogP contribution in [-0.2, 0) is 0 Å². The lowest BCUT2D eigenvalue weighted by molar-refractivity contribution is -0.958. The Kier molecular flexibility index (Phi) is 24.1. The highest BCUT2D eigenvalue weighted by Crippen LogP contribution is 2.43. The highest BCUT2D eigenvalue weighted by atomic mass is 19.2. The van der Waals surface area contributed by atoms with Crippen LogP contribution in [-0.4, -0.2) is 31.4 Å². The normalized spacial score (nSPS) is 12.2. The van der Waals surface area contributed by atoms with Gasteiger partial charge in [-0.15, -0.1) is 0 Å². The van der Waals surface area contributed by atoms with Gasteiger partial charge in [-0.3, -0.25) is 0 Å². The van der Waals surface area contributed by atoms with Gasteiger partial charge in [0.25, 0.3) is 0 Å². The first-order valence-electron chi connectivity index (χ1n) is 23.1. The molecule has 0 aromatic heterocycles. The summed E-state index contributed by atoms with van der Waals surface area (Å²) in [5.74, 6) is -17.2. The molecule has 0 aliphatic carbocycles. The molecule has 0 heterocycles. The van der Waals surface area contributed by atoms with Crippen LogP contribution in [0, 0.1) is 52.4 Å². The predicted octanol–water partition coefficient (Wildman–Crippen LogP) is 16.0. The molecule has 0 fully saturated rings. The average Bonchev–Trinajstić information content (AvgIpc) is 3.23. The second-order valence-corrected chi connectivity index (χ2v) is 16.6. The minimum absolute atomic E-state index is 0.298. The maximum Gasteiger partial charge on any atom is 0.864 e. The minimum Gasteiger partial charge on any atom is -0.489 e. The molecule has 3 rings (SSSR count). The second-order valence-electron chi connectivity index (χ2n) is 16.6. The molecule has 14 heteroatoms. The van der Waals surface area contributed by atoms with Gasteiger partial charge >= 0.3 is 7.32 Å². The Morgan fingerprint density at radius 2 is 0.742 bits per heavy atom. The number of hydrogen-bond donors (Lipinski definition) is 0. The van der Waals surface area contributed by atoms with Crippen molar-refractivity contribution in [3.63, 3.8) is 0 Å². The van der Waals surface area contributed by atoms with Crippen LogP contribution in [0.1, 0.15) is 181 Å². The van der Waals surface area contributed by atoms with Crippen molar-refractivity contribution in [1.29, 1.82) is 0 Å². The summed E-state index contributed by atoms with van der Waals surface area (Å²) in [5.41, 5.74) is -0.298. The Balaban J connectivity index is 2.26. The molecule has 0 aliphatic heterocycles. The van der Waals surface area contributed by atoms with Gasteiger partial charge in [0.1, 0.15) is 23.3 Å². The molecule has 1 unspecified atom stereocenters. The van der Waals surface area contributed by atoms with E-state index < -0.39 is 83.0 Å². The van der Waals surface area contributed by atoms with E-state index >= 15 is 13.2 Å². The smallest absolute Gasteiger partial charge is 0.489 e. The van der Waals surface area contributed by atoms with Crippen molar-refractivity contribution in [2.75, 3.05) is 19.6 Å². The summed E-state index contributed by atoms with van der Waals surface area (Å²) >= 11 is 0. The molecule has 348 valence electrons. The molecule has 0 radical (unpaired) electrons. The Morgan fingerprint density at radius 1 is 0.403 bits per heavy atom. The Bertz CT molecular complexity index is 1620. The number of benzene rings is 3. The highest BCUT2D eigenvalue weighted by molar-refractivity contribution is 6.39. The lowest BCUT2D eigenvalue weighted by Crippen LogP contribution is -2.53. The third-order valence-electron chi connectivity index (χ3n) is 11.7. The summed E-state index contributed by atoms with van der Waals surface area (Å²) in [4.78, 5) is 0. The molecule has 1 atom stereocenters. The zero-order valence-corrected chi connectivity index (χ0v) is 37.3. The van der Waals surface area contributed by atoms with Crippen LogP contribution >= 0.6 is 0 Å². The molecule has 0 aliphatic rings. The third kappa shape index (κ3) is 16.5. The lowest BCUT2D eigenvalue weighted by Gasteiger charge is -2.46. The van der Waals surface area contributed by atoms with E-state index in [1.165, 1.54) is 0 Å². The number of quaternary nitrogens is 1. The summed E-state index contributed by atoms with van der Waals surface area (Å²) in [6, 6.07) is 1.60. The van der Waals surface area contributed by atoms with Crippen LogP contribution in [0.25, 0.3) is 0 Å². The zero-order chi connectivity index (χ0) is 45.5. The summed E-state index contributed by atoms with van der Waals surface area (Å²) in [6.07, 6.45) is 20.6. The Labute approximate surface area is 364 Å². The predicted molar refractivity (Wildman–Crippen MR) is 228 cm³/mol. The molecular formula is C48H68BF9NO3+. The fourth-order valence-electron chi connectivity index (χ4n) is 8.30. The van der Waals surface area contributed by atoms with E-state index in [4.69, 9.17) is 14.0 Å². The summed E-state index contributed by atoms with van der Waals surface area (Å²) in [6.45, 7) is 10.3. The molecule has 62 heavy (non-hydrogen) atoms. The summed E-state index contributed by atoms with van der Waals surface area (Å²) < 4.78 is 151. The van der Waals surface area contributed by atoms with Gasteiger partial charge in [0.05, 0.1) is 25.2 Å². The number of halogens is 9. The van der Waals surface area contributed by atoms with Gasteiger partial charge in [0.2, 0.25) is 0 Å². The van der Waals surface area contributed by atoms with Gasteiger partial charge in [-0.2, -0.15) is 0 Å². The second kappa shape index (κ2) is 28.3. The van der Waals surface area contributed by atoms with E-state index in [0.29, 0.717) is 67.3 Å². The molecule has 0 amide bonds. The Morgan fingerprint density at radius 3 is 1.13 bits per heavy atom. The minimum atomic E-state index is -2.33. The number of hydrogen-bond acceptors (Lipinski definition) is 3. The maximum absolute atomic E-state index is 16.9. The van der Waals surface area contributed by atoms with Crippen molar-refractivity contribution in [2.24, 2.45) is 0 Å². The Hall–Kier alpha value is -3.55. The van der Waals surface area contributed by atoms with E-state index in [2.05, 4.69) is 20.8 Å². The first-order valence-corrected chi connectivity index (χ1v) is 23.1. The summed E-state index contributed by atoms with van der Waals surface area (Å²) in [5, 5.41) is 0. The molecule has 3 aromatic carbocycles. The average molecular weight is 889 g/mol. The van der Waals surface area contributed by atoms with Gasteiger partial charge in [0, 0.05) is 36.8 Å². The standard InChI is InChI=1S/C48H68BF9NO3/c1-5-9-13-16-19-23-27-59(28-24-20-17-14-10-6-2,29-25-21-18-15-11-7-3)42(26-22-12-8-4)44-43(34-41(54)47(57)48(44)58)62-49(60-35-30-37(50)45(55)38(51)31-35)61-36-32-39(52)46(56)40(53)33-36/h30-34,42H,5-29H2,1-4H3/q+1. The quantitative estimate of drug-likeness (QED) is 0.0200. The van der Waals surface area contributed by atoms with E-state index in [0.717, 1.165) is 128 Å². The number of rotatable bonds is 33. The lowest BCUT2D eigenvalue weighted by atomic mass is 9.91. The van der Waals surface area contributed by atoms with Crippen LogP contribution < -0.4 is 14.0 Å². The molecular weight excluding hydrogens is 820 g/mol. The van der Waals surface area contributed by atoms with Crippen LogP contribution in [0.3, 0.4) is 0 Å². The van der Waals surface area contributed by atoms with Gasteiger partial charge in [-0.25, -0.2) is 39.5 Å². The van der Waals surface area contributed by atoms with Crippen LogP contribution in [0.4, 0.5) is 39.5 Å². The topological polar surface area (TPSA) is 27.7 Å². The SMILES string of the molecule is CCCCCCCC[N+](CCCCCCCC)(CCCCCCCC)C(CCCCC)c1c(OB(Oc2cc(F)c(F)c(F)c2)Oc2cc(F)c(F)c(F)c2)cc(F)c(F)c1F. The van der Waals surface area contributed by atoms with Crippen LogP contribution in [0.15, 0.2) is 30.3 Å². The first-order chi connectivity index (χ1) is 29.8. The van der Waals surface area contributed by atoms with Gasteiger partial charge in [-0.05, 0) is 44.9 Å². The van der Waals surface area contributed by atoms with Gasteiger partial charge in [-0.1, -0.05) is 118 Å². The van der Waals surface area contributed by atoms with Crippen molar-refractivity contribution in [2.45, 2.75) is 175 Å². The van der Waals surface area contributed by atoms with Gasteiger partial charge in [0.15, 0.2) is 52.4 Å².